The molecular formula is C17H13ClN2O6S. The van der Waals surface area contributed by atoms with Crippen molar-refractivity contribution in [3.05, 3.63) is 64.3 Å². The number of fused-ring (bicyclic) bond motifs is 1. The fraction of sp³-hybridized carbons (Fsp3) is 0.0588. The van der Waals surface area contributed by atoms with Crippen molar-refractivity contribution in [2.75, 3.05) is 12.4 Å². The second-order valence-corrected chi connectivity index (χ2v) is 7.99. The predicted octanol–water partition coefficient (Wildman–Crippen LogP) is 2.54. The summed E-state index contributed by atoms with van der Waals surface area (Å²) in [5.74, 6) is -2.85. The van der Waals surface area contributed by atoms with Crippen molar-refractivity contribution in [1.82, 2.24) is 4.31 Å². The lowest BCUT2D eigenvalue weighted by Crippen LogP contribution is -2.37. The van der Waals surface area contributed by atoms with E-state index >= 15 is 0 Å². The zero-order valence-corrected chi connectivity index (χ0v) is 15.4. The number of nitrogens with one attached hydrogen (secondary N) is 1. The molecule has 0 radical (unpaired) electrons. The van der Waals surface area contributed by atoms with E-state index in [9.17, 15) is 28.2 Å². The number of carbonyl (C=O) groups is 2. The van der Waals surface area contributed by atoms with Gasteiger partial charge in [-0.1, -0.05) is 23.7 Å². The number of benzene rings is 2. The van der Waals surface area contributed by atoms with E-state index in [2.05, 4.69) is 5.32 Å². The van der Waals surface area contributed by atoms with E-state index in [1.807, 2.05) is 0 Å². The Labute approximate surface area is 159 Å². The van der Waals surface area contributed by atoms with Gasteiger partial charge in [-0.3, -0.25) is 9.10 Å². The molecule has 3 rings (SSSR count). The average Bonchev–Trinajstić information content (AvgIpc) is 2.60. The maximum Gasteiger partial charge on any atom is 0.337 e. The highest BCUT2D eigenvalue weighted by atomic mass is 35.5. The second kappa shape index (κ2) is 6.60. The van der Waals surface area contributed by atoms with Crippen LogP contribution in [-0.4, -0.2) is 41.9 Å². The monoisotopic (exact) mass is 408 g/mol. The smallest absolute Gasteiger partial charge is 0.337 e. The Balaban J connectivity index is 2.11. The van der Waals surface area contributed by atoms with Crippen molar-refractivity contribution in [2.45, 2.75) is 4.90 Å². The van der Waals surface area contributed by atoms with Crippen LogP contribution < -0.4 is 5.32 Å². The van der Waals surface area contributed by atoms with E-state index in [0.717, 1.165) is 7.05 Å². The van der Waals surface area contributed by atoms with E-state index < -0.39 is 33.4 Å². The Kier molecular flexibility index (Phi) is 4.58. The lowest BCUT2D eigenvalue weighted by Gasteiger charge is -2.28. The standard InChI is InChI=1S/C17H13ClN2O6S/c1-20-14(15(21)11-4-2-3-5-13(11)27(20,25)26)16(22)19-12-8-9(18)6-7-10(12)17(23)24/h2-8,21H,1H3,(H,19,22)(H,23,24). The number of rotatable bonds is 3. The number of hydrogen-bond donors (Lipinski definition) is 3. The molecule has 8 nitrogen and oxygen atoms in total. The number of sulfonamides is 1. The van der Waals surface area contributed by atoms with Crippen LogP contribution in [0.4, 0.5) is 5.69 Å². The maximum absolute atomic E-state index is 12.7. The summed E-state index contributed by atoms with van der Waals surface area (Å²) in [6.07, 6.45) is 0. The summed E-state index contributed by atoms with van der Waals surface area (Å²) in [4.78, 5) is 23.9. The molecule has 1 aliphatic rings. The Morgan fingerprint density at radius 2 is 1.81 bits per heavy atom. The van der Waals surface area contributed by atoms with Gasteiger partial charge < -0.3 is 15.5 Å². The van der Waals surface area contributed by atoms with Crippen LogP contribution in [-0.2, 0) is 14.8 Å². The van der Waals surface area contributed by atoms with Crippen LogP contribution >= 0.6 is 11.6 Å². The van der Waals surface area contributed by atoms with Crippen molar-refractivity contribution in [3.63, 3.8) is 0 Å². The molecular weight excluding hydrogens is 396 g/mol. The third kappa shape index (κ3) is 3.11. The van der Waals surface area contributed by atoms with E-state index in [-0.39, 0.29) is 26.7 Å². The summed E-state index contributed by atoms with van der Waals surface area (Å²) in [5.41, 5.74) is -0.935. The topological polar surface area (TPSA) is 124 Å². The number of likely N-dealkylation sites (N-methyl/N-ethyl adjacent to an activating group) is 1. The summed E-state index contributed by atoms with van der Waals surface area (Å²) in [5, 5.41) is 22.2. The molecule has 1 amide bonds. The fourth-order valence-electron chi connectivity index (χ4n) is 2.67. The largest absolute Gasteiger partial charge is 0.505 e. The molecule has 0 spiro atoms. The number of anilines is 1. The first-order chi connectivity index (χ1) is 12.6. The molecule has 1 heterocycles. The van der Waals surface area contributed by atoms with Crippen molar-refractivity contribution < 1.29 is 28.2 Å². The highest BCUT2D eigenvalue weighted by Crippen LogP contribution is 2.35. The quantitative estimate of drug-likeness (QED) is 0.716. The Morgan fingerprint density at radius 1 is 1.15 bits per heavy atom. The van der Waals surface area contributed by atoms with Crippen LogP contribution in [0.15, 0.2) is 53.1 Å². The van der Waals surface area contributed by atoms with Gasteiger partial charge in [-0.25, -0.2) is 13.2 Å². The molecule has 140 valence electrons. The van der Waals surface area contributed by atoms with E-state index in [0.29, 0.717) is 4.31 Å². The number of aliphatic hydroxyl groups is 1. The van der Waals surface area contributed by atoms with Gasteiger partial charge in [0.25, 0.3) is 15.9 Å². The number of aromatic carboxylic acids is 1. The van der Waals surface area contributed by atoms with Crippen LogP contribution in [0, 0.1) is 0 Å². The van der Waals surface area contributed by atoms with Crippen molar-refractivity contribution in [1.29, 1.82) is 0 Å². The number of carboxylic acids is 1. The van der Waals surface area contributed by atoms with Gasteiger partial charge in [-0.15, -0.1) is 0 Å². The molecule has 0 saturated heterocycles. The Morgan fingerprint density at radius 3 is 2.48 bits per heavy atom. The van der Waals surface area contributed by atoms with Gasteiger partial charge in [0, 0.05) is 17.6 Å². The molecule has 0 aliphatic carbocycles. The minimum absolute atomic E-state index is 0.0229. The van der Waals surface area contributed by atoms with Gasteiger partial charge in [0.05, 0.1) is 16.1 Å². The highest BCUT2D eigenvalue weighted by Gasteiger charge is 2.37. The normalized spacial score (nSPS) is 15.3. The van der Waals surface area contributed by atoms with Crippen LogP contribution in [0.5, 0.6) is 0 Å². The number of nitrogens with zero attached hydrogens (tertiary/aromatic N) is 1. The minimum Gasteiger partial charge on any atom is -0.505 e. The molecule has 10 heteroatoms. The molecule has 0 saturated carbocycles. The lowest BCUT2D eigenvalue weighted by atomic mass is 10.1. The van der Waals surface area contributed by atoms with Crippen molar-refractivity contribution in [2.24, 2.45) is 0 Å². The van der Waals surface area contributed by atoms with E-state index in [1.165, 1.54) is 42.5 Å². The summed E-state index contributed by atoms with van der Waals surface area (Å²) < 4.78 is 25.9. The third-order valence-electron chi connectivity index (χ3n) is 4.00. The number of halogens is 1. The zero-order chi connectivity index (χ0) is 19.9. The summed E-state index contributed by atoms with van der Waals surface area (Å²) in [6.45, 7) is 0. The first-order valence-electron chi connectivity index (χ1n) is 7.50. The first-order valence-corrected chi connectivity index (χ1v) is 9.32. The van der Waals surface area contributed by atoms with Crippen LogP contribution in [0.25, 0.3) is 5.76 Å². The van der Waals surface area contributed by atoms with Crippen LogP contribution in [0.1, 0.15) is 15.9 Å². The van der Waals surface area contributed by atoms with Gasteiger partial charge in [0.15, 0.2) is 11.5 Å². The average molecular weight is 409 g/mol. The highest BCUT2D eigenvalue weighted by molar-refractivity contribution is 7.89. The van der Waals surface area contributed by atoms with Crippen molar-refractivity contribution in [3.8, 4) is 0 Å². The third-order valence-corrected chi connectivity index (χ3v) is 6.05. The molecule has 2 aromatic rings. The number of carbonyl (C=O) groups excluding carboxylic acids is 1. The van der Waals surface area contributed by atoms with Crippen LogP contribution in [0.2, 0.25) is 5.02 Å². The molecule has 0 fully saturated rings. The SMILES string of the molecule is CN1C(C(=O)Nc2cc(Cl)ccc2C(=O)O)=C(O)c2ccccc2S1(=O)=O. The van der Waals surface area contributed by atoms with Gasteiger partial charge in [0.2, 0.25) is 0 Å². The minimum atomic E-state index is -4.06. The number of hydrogen-bond acceptors (Lipinski definition) is 5. The molecule has 0 unspecified atom stereocenters. The number of amides is 1. The number of carboxylic acid groups (broad SMARTS) is 1. The second-order valence-electron chi connectivity index (χ2n) is 5.62. The first kappa shape index (κ1) is 18.7. The van der Waals surface area contributed by atoms with Gasteiger partial charge in [-0.2, -0.15) is 0 Å². The maximum atomic E-state index is 12.7. The molecule has 1 aliphatic heterocycles. The van der Waals surface area contributed by atoms with E-state index in [1.54, 1.807) is 0 Å². The van der Waals surface area contributed by atoms with Crippen LogP contribution in [0.3, 0.4) is 0 Å². The molecule has 27 heavy (non-hydrogen) atoms. The molecule has 0 bridgehead atoms. The molecule has 3 N–H and O–H groups in total. The fourth-order valence-corrected chi connectivity index (χ4v) is 4.24. The molecule has 0 aromatic heterocycles. The molecule has 0 atom stereocenters. The Hall–Kier alpha value is -3.04. The van der Waals surface area contributed by atoms with Gasteiger partial charge in [0.1, 0.15) is 0 Å². The predicted molar refractivity (Wildman–Crippen MR) is 98.0 cm³/mol. The summed E-state index contributed by atoms with van der Waals surface area (Å²) in [7, 11) is -2.94. The summed E-state index contributed by atoms with van der Waals surface area (Å²) in [6, 6.07) is 9.44. The molecule has 2 aromatic carbocycles. The van der Waals surface area contributed by atoms with Gasteiger partial charge in [-0.05, 0) is 30.3 Å². The number of aliphatic hydroxyl groups excluding tert-OH is 1. The zero-order valence-electron chi connectivity index (χ0n) is 13.8. The van der Waals surface area contributed by atoms with E-state index in [4.69, 9.17) is 11.6 Å². The lowest BCUT2D eigenvalue weighted by molar-refractivity contribution is -0.113. The Bertz CT molecular complexity index is 1110. The summed E-state index contributed by atoms with van der Waals surface area (Å²) >= 11 is 5.85. The van der Waals surface area contributed by atoms with Gasteiger partial charge >= 0.3 is 5.97 Å². The van der Waals surface area contributed by atoms with Crippen molar-refractivity contribution >= 4 is 44.9 Å².